The number of aromatic nitrogens is 2. The van der Waals surface area contributed by atoms with Gasteiger partial charge in [-0.3, -0.25) is 14.2 Å². The molecule has 0 saturated carbocycles. The molecule has 0 spiro atoms. The summed E-state index contributed by atoms with van der Waals surface area (Å²) >= 11 is 5.11. The van der Waals surface area contributed by atoms with Crippen LogP contribution in [0.1, 0.15) is 15.9 Å². The molecular formula is C18H17N3O3S. The highest BCUT2D eigenvalue weighted by Gasteiger charge is 2.10. The first-order chi connectivity index (χ1) is 12.0. The van der Waals surface area contributed by atoms with E-state index < -0.39 is 0 Å². The number of H-pyrrole nitrogens is 1. The number of hydrogen-bond donors (Lipinski definition) is 2. The van der Waals surface area contributed by atoms with E-state index in [1.54, 1.807) is 32.4 Å². The van der Waals surface area contributed by atoms with E-state index in [4.69, 9.17) is 17.0 Å². The van der Waals surface area contributed by atoms with Crippen molar-refractivity contribution in [2.45, 2.75) is 6.54 Å². The second kappa shape index (κ2) is 6.90. The van der Waals surface area contributed by atoms with Gasteiger partial charge in [0.25, 0.3) is 11.5 Å². The van der Waals surface area contributed by atoms with Crippen molar-refractivity contribution < 1.29 is 9.53 Å². The van der Waals surface area contributed by atoms with Crippen molar-refractivity contribution in [3.8, 4) is 5.75 Å². The number of para-hydroxylation sites is 1. The number of nitrogens with one attached hydrogen (secondary N) is 2. The fourth-order valence-electron chi connectivity index (χ4n) is 2.57. The minimum atomic E-state index is -0.243. The molecule has 3 aromatic rings. The highest BCUT2D eigenvalue weighted by Crippen LogP contribution is 2.17. The molecule has 0 bridgehead atoms. The van der Waals surface area contributed by atoms with Crippen LogP contribution < -0.4 is 15.6 Å². The number of fused-ring (bicyclic) bond motifs is 1. The number of benzene rings is 2. The van der Waals surface area contributed by atoms with Crippen molar-refractivity contribution in [2.24, 2.45) is 7.05 Å². The molecule has 1 amide bonds. The highest BCUT2D eigenvalue weighted by molar-refractivity contribution is 7.71. The van der Waals surface area contributed by atoms with Crippen molar-refractivity contribution in [3.63, 3.8) is 0 Å². The van der Waals surface area contributed by atoms with Crippen molar-refractivity contribution in [1.29, 1.82) is 0 Å². The Hall–Kier alpha value is -2.93. The van der Waals surface area contributed by atoms with Crippen LogP contribution in [0.3, 0.4) is 0 Å². The Morgan fingerprint density at radius 3 is 2.80 bits per heavy atom. The standard InChI is InChI=1S/C18H17N3O3S/c1-21-17(23)13-8-7-11(9-14(13)20-18(21)25)16(22)19-10-12-5-3-4-6-15(12)24-2/h3-9H,10H2,1-2H3,(H,19,22)(H,20,25). The van der Waals surface area contributed by atoms with Crippen molar-refractivity contribution in [2.75, 3.05) is 7.11 Å². The zero-order chi connectivity index (χ0) is 18.0. The van der Waals surface area contributed by atoms with Crippen molar-refractivity contribution >= 4 is 29.0 Å². The molecule has 0 radical (unpaired) electrons. The fourth-order valence-corrected chi connectivity index (χ4v) is 2.77. The molecule has 2 aromatic carbocycles. The van der Waals surface area contributed by atoms with Gasteiger partial charge in [0, 0.05) is 24.7 Å². The molecule has 1 aromatic heterocycles. The predicted molar refractivity (Wildman–Crippen MR) is 98.5 cm³/mol. The number of amides is 1. The summed E-state index contributed by atoms with van der Waals surface area (Å²) in [6.07, 6.45) is 0. The van der Waals surface area contributed by atoms with Gasteiger partial charge in [-0.2, -0.15) is 0 Å². The minimum absolute atomic E-state index is 0.195. The first-order valence-corrected chi connectivity index (χ1v) is 8.05. The van der Waals surface area contributed by atoms with Gasteiger partial charge < -0.3 is 15.0 Å². The lowest BCUT2D eigenvalue weighted by Crippen LogP contribution is -2.23. The summed E-state index contributed by atoms with van der Waals surface area (Å²) in [5.41, 5.74) is 1.67. The van der Waals surface area contributed by atoms with E-state index in [1.165, 1.54) is 4.57 Å². The van der Waals surface area contributed by atoms with Gasteiger partial charge in [0.05, 0.1) is 18.0 Å². The van der Waals surface area contributed by atoms with Gasteiger partial charge in [-0.1, -0.05) is 18.2 Å². The Labute approximate surface area is 149 Å². The maximum atomic E-state index is 12.4. The predicted octanol–water partition coefficient (Wildman–Crippen LogP) is 2.53. The molecule has 6 nitrogen and oxygen atoms in total. The Morgan fingerprint density at radius 1 is 1.28 bits per heavy atom. The van der Waals surface area contributed by atoms with Gasteiger partial charge in [-0.25, -0.2) is 0 Å². The van der Waals surface area contributed by atoms with E-state index in [0.29, 0.717) is 33.5 Å². The summed E-state index contributed by atoms with van der Waals surface area (Å²) in [6, 6.07) is 12.4. The number of carbonyl (C=O) groups excluding carboxylic acids is 1. The molecule has 0 atom stereocenters. The van der Waals surface area contributed by atoms with Crippen LogP contribution in [0.5, 0.6) is 5.75 Å². The molecule has 0 fully saturated rings. The van der Waals surface area contributed by atoms with Crippen LogP contribution >= 0.6 is 12.2 Å². The molecular weight excluding hydrogens is 338 g/mol. The van der Waals surface area contributed by atoms with Gasteiger partial charge in [0.2, 0.25) is 0 Å². The topological polar surface area (TPSA) is 76.1 Å². The second-order valence-electron chi connectivity index (χ2n) is 5.55. The summed E-state index contributed by atoms with van der Waals surface area (Å²) in [7, 11) is 3.20. The third-order valence-corrected chi connectivity index (χ3v) is 4.37. The third kappa shape index (κ3) is 3.32. The lowest BCUT2D eigenvalue weighted by atomic mass is 10.1. The van der Waals surface area contributed by atoms with Crippen LogP contribution in [0.4, 0.5) is 0 Å². The monoisotopic (exact) mass is 355 g/mol. The molecule has 128 valence electrons. The summed E-state index contributed by atoms with van der Waals surface area (Å²) < 4.78 is 6.94. The van der Waals surface area contributed by atoms with E-state index in [-0.39, 0.29) is 11.5 Å². The summed E-state index contributed by atoms with van der Waals surface area (Å²) in [5.74, 6) is 0.474. The molecule has 3 rings (SSSR count). The lowest BCUT2D eigenvalue weighted by Gasteiger charge is -2.10. The summed E-state index contributed by atoms with van der Waals surface area (Å²) in [5, 5.41) is 3.34. The van der Waals surface area contributed by atoms with Crippen LogP contribution in [0.15, 0.2) is 47.3 Å². The number of methoxy groups -OCH3 is 1. The van der Waals surface area contributed by atoms with E-state index >= 15 is 0 Å². The molecule has 7 heteroatoms. The number of carbonyl (C=O) groups is 1. The summed E-state index contributed by atoms with van der Waals surface area (Å²) in [6.45, 7) is 0.341. The Morgan fingerprint density at radius 2 is 2.04 bits per heavy atom. The van der Waals surface area contributed by atoms with Crippen LogP contribution in [-0.2, 0) is 13.6 Å². The Kier molecular flexibility index (Phi) is 4.67. The maximum absolute atomic E-state index is 12.4. The second-order valence-corrected chi connectivity index (χ2v) is 5.94. The van der Waals surface area contributed by atoms with Crippen LogP contribution in [0.25, 0.3) is 10.9 Å². The zero-order valence-corrected chi connectivity index (χ0v) is 14.6. The van der Waals surface area contributed by atoms with Gasteiger partial charge in [-0.05, 0) is 36.5 Å². The SMILES string of the molecule is COc1ccccc1CNC(=O)c1ccc2c(=O)n(C)c(=S)[nH]c2c1. The molecule has 2 N–H and O–H groups in total. The molecule has 0 aliphatic rings. The largest absolute Gasteiger partial charge is 0.496 e. The Bertz CT molecular complexity index is 1070. The highest BCUT2D eigenvalue weighted by atomic mass is 32.1. The van der Waals surface area contributed by atoms with E-state index in [2.05, 4.69) is 10.3 Å². The van der Waals surface area contributed by atoms with E-state index in [0.717, 1.165) is 5.56 Å². The number of rotatable bonds is 4. The molecule has 0 unspecified atom stereocenters. The number of hydrogen-bond acceptors (Lipinski definition) is 4. The molecule has 0 aliphatic heterocycles. The smallest absolute Gasteiger partial charge is 0.261 e. The average molecular weight is 355 g/mol. The van der Waals surface area contributed by atoms with Gasteiger partial charge >= 0.3 is 0 Å². The Balaban J connectivity index is 1.86. The number of nitrogens with zero attached hydrogens (tertiary/aromatic N) is 1. The first-order valence-electron chi connectivity index (χ1n) is 7.64. The molecule has 25 heavy (non-hydrogen) atoms. The zero-order valence-electron chi connectivity index (χ0n) is 13.8. The summed E-state index contributed by atoms with van der Waals surface area (Å²) in [4.78, 5) is 27.6. The van der Waals surface area contributed by atoms with Crippen LogP contribution in [0, 0.1) is 4.77 Å². The van der Waals surface area contributed by atoms with Crippen LogP contribution in [0.2, 0.25) is 0 Å². The first kappa shape index (κ1) is 16.9. The number of aromatic amines is 1. The van der Waals surface area contributed by atoms with Gasteiger partial charge in [0.15, 0.2) is 4.77 Å². The average Bonchev–Trinajstić information content (AvgIpc) is 2.64. The molecule has 0 aliphatic carbocycles. The number of ether oxygens (including phenoxy) is 1. The van der Waals surface area contributed by atoms with E-state index in [1.807, 2.05) is 24.3 Å². The van der Waals surface area contributed by atoms with E-state index in [9.17, 15) is 9.59 Å². The molecule has 1 heterocycles. The quantitative estimate of drug-likeness (QED) is 0.705. The van der Waals surface area contributed by atoms with Crippen molar-refractivity contribution in [1.82, 2.24) is 14.9 Å². The van der Waals surface area contributed by atoms with Gasteiger partial charge in [-0.15, -0.1) is 0 Å². The maximum Gasteiger partial charge on any atom is 0.261 e. The third-order valence-electron chi connectivity index (χ3n) is 3.99. The van der Waals surface area contributed by atoms with Gasteiger partial charge in [0.1, 0.15) is 5.75 Å². The normalized spacial score (nSPS) is 10.6. The minimum Gasteiger partial charge on any atom is -0.496 e. The lowest BCUT2D eigenvalue weighted by molar-refractivity contribution is 0.0951. The van der Waals surface area contributed by atoms with Crippen molar-refractivity contribution in [3.05, 3.63) is 68.7 Å². The van der Waals surface area contributed by atoms with Crippen LogP contribution in [-0.4, -0.2) is 22.6 Å². The fraction of sp³-hybridized carbons (Fsp3) is 0.167. The molecule has 0 saturated heterocycles.